The van der Waals surface area contributed by atoms with E-state index in [2.05, 4.69) is 14.9 Å². The Morgan fingerprint density at radius 2 is 1.96 bits per heavy atom. The number of nitrogens with zero attached hydrogens (tertiary/aromatic N) is 3. The molecule has 0 spiro atoms. The van der Waals surface area contributed by atoms with Crippen LogP contribution in [0.15, 0.2) is 29.6 Å². The van der Waals surface area contributed by atoms with Gasteiger partial charge in [0, 0.05) is 22.9 Å². The van der Waals surface area contributed by atoms with Crippen LogP contribution in [0.5, 0.6) is 0 Å². The molecular weight excluding hydrogens is 370 g/mol. The van der Waals surface area contributed by atoms with Crippen LogP contribution >= 0.6 is 0 Å². The molecule has 6 nitrogen and oxygen atoms in total. The van der Waals surface area contributed by atoms with E-state index in [0.717, 1.165) is 6.07 Å². The summed E-state index contributed by atoms with van der Waals surface area (Å²) in [6, 6.07) is 1.34. The van der Waals surface area contributed by atoms with Crippen LogP contribution in [0.2, 0.25) is 0 Å². The van der Waals surface area contributed by atoms with Crippen molar-refractivity contribution in [3.8, 4) is 11.1 Å². The van der Waals surface area contributed by atoms with Gasteiger partial charge in [0.25, 0.3) is 0 Å². The topological polar surface area (TPSA) is 68.5 Å². The number of rotatable bonds is 3. The summed E-state index contributed by atoms with van der Waals surface area (Å²) in [6.07, 6.45) is -4.57. The van der Waals surface area contributed by atoms with Gasteiger partial charge < -0.3 is 4.74 Å². The van der Waals surface area contributed by atoms with Gasteiger partial charge in [-0.05, 0) is 12.1 Å². The number of aromatic nitrogens is 2. The van der Waals surface area contributed by atoms with Crippen LogP contribution in [0.25, 0.3) is 11.1 Å². The van der Waals surface area contributed by atoms with Gasteiger partial charge in [0.2, 0.25) is 0 Å². The SMILES string of the molecule is O=C1NN=C(c2cc(F)c(-c3cnn(C(F)F)c3)c(C(F)(F)F)c2)CO1. The minimum Gasteiger partial charge on any atom is -0.442 e. The first-order valence-corrected chi connectivity index (χ1v) is 6.90. The summed E-state index contributed by atoms with van der Waals surface area (Å²) in [6.45, 7) is -3.54. The lowest BCUT2D eigenvalue weighted by Crippen LogP contribution is -2.31. The van der Waals surface area contributed by atoms with Crippen molar-refractivity contribution in [2.45, 2.75) is 12.7 Å². The van der Waals surface area contributed by atoms with E-state index in [-0.39, 0.29) is 16.0 Å². The molecule has 1 amide bonds. The van der Waals surface area contributed by atoms with E-state index >= 15 is 0 Å². The lowest BCUT2D eigenvalue weighted by Gasteiger charge is -2.17. The number of benzene rings is 1. The monoisotopic (exact) mass is 378 g/mol. The van der Waals surface area contributed by atoms with Crippen molar-refractivity contribution in [2.24, 2.45) is 5.10 Å². The number of ether oxygens (including phenoxy) is 1. The number of hydrazone groups is 1. The van der Waals surface area contributed by atoms with Crippen molar-refractivity contribution in [1.29, 1.82) is 0 Å². The molecule has 0 aliphatic carbocycles. The summed E-state index contributed by atoms with van der Waals surface area (Å²) < 4.78 is 84.5. The number of carbonyl (C=O) groups is 1. The number of hydrogen-bond donors (Lipinski definition) is 1. The van der Waals surface area contributed by atoms with E-state index in [1.807, 2.05) is 5.43 Å². The zero-order valence-corrected chi connectivity index (χ0v) is 12.5. The molecule has 2 heterocycles. The second-order valence-corrected chi connectivity index (χ2v) is 5.11. The minimum absolute atomic E-state index is 0.109. The van der Waals surface area contributed by atoms with Crippen molar-refractivity contribution in [3.63, 3.8) is 0 Å². The maximum atomic E-state index is 14.5. The van der Waals surface area contributed by atoms with Gasteiger partial charge >= 0.3 is 18.8 Å². The van der Waals surface area contributed by atoms with Gasteiger partial charge in [0.1, 0.15) is 18.1 Å². The summed E-state index contributed by atoms with van der Waals surface area (Å²) in [5.41, 5.74) is -1.30. The number of cyclic esters (lactones) is 1. The second kappa shape index (κ2) is 6.35. The van der Waals surface area contributed by atoms with Crippen LogP contribution in [0.4, 0.5) is 31.1 Å². The van der Waals surface area contributed by atoms with Crippen molar-refractivity contribution < 1.29 is 35.9 Å². The molecule has 1 N–H and O–H groups in total. The molecule has 26 heavy (non-hydrogen) atoms. The third-order valence-electron chi connectivity index (χ3n) is 3.44. The minimum atomic E-state index is -4.99. The number of halogens is 6. The van der Waals surface area contributed by atoms with Crippen LogP contribution in [0, 0.1) is 5.82 Å². The van der Waals surface area contributed by atoms with Crippen LogP contribution in [0.1, 0.15) is 17.7 Å². The lowest BCUT2D eigenvalue weighted by molar-refractivity contribution is -0.137. The van der Waals surface area contributed by atoms with Gasteiger partial charge in [0.05, 0.1) is 11.8 Å². The normalized spacial score (nSPS) is 14.9. The highest BCUT2D eigenvalue weighted by atomic mass is 19.4. The molecule has 0 unspecified atom stereocenters. The van der Waals surface area contributed by atoms with Crippen LogP contribution in [0.3, 0.4) is 0 Å². The van der Waals surface area contributed by atoms with Gasteiger partial charge in [-0.1, -0.05) is 0 Å². The van der Waals surface area contributed by atoms with Gasteiger partial charge in [-0.3, -0.25) is 0 Å². The molecule has 12 heteroatoms. The maximum absolute atomic E-state index is 14.5. The third-order valence-corrected chi connectivity index (χ3v) is 3.44. The predicted octanol–water partition coefficient (Wildman–Crippen LogP) is 3.55. The first-order valence-electron chi connectivity index (χ1n) is 6.90. The van der Waals surface area contributed by atoms with Crippen molar-refractivity contribution in [3.05, 3.63) is 41.5 Å². The zero-order valence-electron chi connectivity index (χ0n) is 12.5. The van der Waals surface area contributed by atoms with Crippen LogP contribution in [-0.2, 0) is 10.9 Å². The van der Waals surface area contributed by atoms with Gasteiger partial charge in [-0.15, -0.1) is 0 Å². The molecule has 0 bridgehead atoms. The standard InChI is InChI=1S/C14H8F6N4O2/c15-9-2-6(10-5-26-13(25)23-22-10)1-8(14(18,19)20)11(9)7-3-21-24(4-7)12(16)17/h1-4,12H,5H2,(H,23,25). The number of amides is 1. The fourth-order valence-corrected chi connectivity index (χ4v) is 2.32. The number of alkyl halides is 5. The highest BCUT2D eigenvalue weighted by Gasteiger charge is 2.37. The van der Waals surface area contributed by atoms with E-state index in [4.69, 9.17) is 0 Å². The molecule has 3 rings (SSSR count). The fourth-order valence-electron chi connectivity index (χ4n) is 2.32. The quantitative estimate of drug-likeness (QED) is 0.831. The summed E-state index contributed by atoms with van der Waals surface area (Å²) in [5, 5.41) is 6.74. The van der Waals surface area contributed by atoms with E-state index in [9.17, 15) is 31.1 Å². The Balaban J connectivity index is 2.14. The molecule has 1 aromatic carbocycles. The predicted molar refractivity (Wildman–Crippen MR) is 74.9 cm³/mol. The highest BCUT2D eigenvalue weighted by Crippen LogP contribution is 2.39. The molecule has 0 radical (unpaired) electrons. The van der Waals surface area contributed by atoms with E-state index < -0.39 is 47.9 Å². The van der Waals surface area contributed by atoms with Crippen molar-refractivity contribution in [2.75, 3.05) is 6.61 Å². The summed E-state index contributed by atoms with van der Waals surface area (Å²) in [7, 11) is 0. The number of nitrogens with one attached hydrogen (secondary N) is 1. The van der Waals surface area contributed by atoms with E-state index in [0.29, 0.717) is 18.5 Å². The summed E-state index contributed by atoms with van der Waals surface area (Å²) >= 11 is 0. The summed E-state index contributed by atoms with van der Waals surface area (Å²) in [5.74, 6) is -1.32. The number of carbonyl (C=O) groups excluding carboxylic acids is 1. The molecule has 0 saturated carbocycles. The molecule has 2 aromatic rings. The third kappa shape index (κ3) is 3.34. The molecule has 1 aliphatic heterocycles. The van der Waals surface area contributed by atoms with Crippen LogP contribution in [-0.4, -0.2) is 28.2 Å². The first kappa shape index (κ1) is 17.8. The molecule has 0 fully saturated rings. The smallest absolute Gasteiger partial charge is 0.428 e. The number of hydrogen-bond acceptors (Lipinski definition) is 4. The van der Waals surface area contributed by atoms with Gasteiger partial charge in [0.15, 0.2) is 0 Å². The van der Waals surface area contributed by atoms with E-state index in [1.165, 1.54) is 0 Å². The maximum Gasteiger partial charge on any atom is 0.428 e. The van der Waals surface area contributed by atoms with Crippen molar-refractivity contribution in [1.82, 2.24) is 15.2 Å². The first-order chi connectivity index (χ1) is 12.2. The average molecular weight is 378 g/mol. The average Bonchev–Trinajstić information content (AvgIpc) is 3.03. The largest absolute Gasteiger partial charge is 0.442 e. The Bertz CT molecular complexity index is 890. The Morgan fingerprint density at radius 1 is 1.23 bits per heavy atom. The molecule has 138 valence electrons. The molecule has 0 atom stereocenters. The Morgan fingerprint density at radius 3 is 2.50 bits per heavy atom. The molecular formula is C14H8F6N4O2. The molecule has 0 saturated heterocycles. The van der Waals surface area contributed by atoms with E-state index in [1.54, 1.807) is 0 Å². The Hall–Kier alpha value is -3.05. The fraction of sp³-hybridized carbons (Fsp3) is 0.214. The van der Waals surface area contributed by atoms with Crippen molar-refractivity contribution >= 4 is 11.8 Å². The molecule has 1 aliphatic rings. The van der Waals surface area contributed by atoms with Gasteiger partial charge in [-0.2, -0.15) is 32.2 Å². The molecule has 1 aromatic heterocycles. The van der Waals surface area contributed by atoms with Crippen LogP contribution < -0.4 is 5.43 Å². The second-order valence-electron chi connectivity index (χ2n) is 5.11. The highest BCUT2D eigenvalue weighted by molar-refractivity contribution is 6.04. The Kier molecular flexibility index (Phi) is 4.34. The Labute approximate surface area is 141 Å². The van der Waals surface area contributed by atoms with Gasteiger partial charge in [-0.25, -0.2) is 19.3 Å². The lowest BCUT2D eigenvalue weighted by atomic mass is 9.96. The zero-order chi connectivity index (χ0) is 19.1. The summed E-state index contributed by atoms with van der Waals surface area (Å²) in [4.78, 5) is 10.9.